The van der Waals surface area contributed by atoms with E-state index in [9.17, 15) is 10.1 Å². The normalized spacial score (nSPS) is 16.2. The predicted octanol–water partition coefficient (Wildman–Crippen LogP) is 3.87. The van der Waals surface area contributed by atoms with Crippen LogP contribution in [-0.2, 0) is 12.8 Å². The molecule has 0 saturated heterocycles. The van der Waals surface area contributed by atoms with E-state index in [1.165, 1.54) is 16.4 Å². The Kier molecular flexibility index (Phi) is 5.13. The van der Waals surface area contributed by atoms with Crippen LogP contribution in [0.2, 0.25) is 0 Å². The summed E-state index contributed by atoms with van der Waals surface area (Å²) in [5.41, 5.74) is 2.37. The average Bonchev–Trinajstić information content (AvgIpc) is 2.57. The Balaban J connectivity index is 1.82. The molecule has 3 rings (SSSR count). The fourth-order valence-electron chi connectivity index (χ4n) is 2.26. The highest BCUT2D eigenvalue weighted by Gasteiger charge is 2.23. The zero-order chi connectivity index (χ0) is 17.3. The number of hydrogen-bond donors (Lipinski definition) is 0. The maximum absolute atomic E-state index is 12.3. The van der Waals surface area contributed by atoms with Crippen LogP contribution in [0.15, 0.2) is 43.6 Å². The SMILES string of the molecule is CC1N=C(SCc2ccc(Br)cc2C#N)Sc2c1cnn(C)c2=O. The van der Waals surface area contributed by atoms with E-state index in [1.807, 2.05) is 25.1 Å². The van der Waals surface area contributed by atoms with Gasteiger partial charge >= 0.3 is 0 Å². The van der Waals surface area contributed by atoms with E-state index in [-0.39, 0.29) is 11.6 Å². The van der Waals surface area contributed by atoms with Gasteiger partial charge in [0.1, 0.15) is 4.38 Å². The maximum Gasteiger partial charge on any atom is 0.280 e. The van der Waals surface area contributed by atoms with Crippen LogP contribution in [0.1, 0.15) is 29.7 Å². The van der Waals surface area contributed by atoms with Crippen molar-refractivity contribution in [2.45, 2.75) is 23.6 Å². The van der Waals surface area contributed by atoms with Crippen molar-refractivity contribution in [1.82, 2.24) is 9.78 Å². The largest absolute Gasteiger partial charge is 0.280 e. The number of aromatic nitrogens is 2. The molecule has 0 amide bonds. The smallest absolute Gasteiger partial charge is 0.267 e. The molecule has 0 bridgehead atoms. The third kappa shape index (κ3) is 3.43. The summed E-state index contributed by atoms with van der Waals surface area (Å²) < 4.78 is 3.06. The molecule has 2 heterocycles. The predicted molar refractivity (Wildman–Crippen MR) is 101 cm³/mol. The van der Waals surface area contributed by atoms with Crippen molar-refractivity contribution in [3.63, 3.8) is 0 Å². The van der Waals surface area contributed by atoms with E-state index < -0.39 is 0 Å². The lowest BCUT2D eigenvalue weighted by molar-refractivity contribution is 0.657. The Bertz CT molecular complexity index is 933. The molecule has 0 radical (unpaired) electrons. The van der Waals surface area contributed by atoms with Crippen molar-refractivity contribution in [1.29, 1.82) is 5.26 Å². The van der Waals surface area contributed by atoms with Gasteiger partial charge in [-0.25, -0.2) is 4.68 Å². The number of aliphatic imine (C=N–C) groups is 1. The summed E-state index contributed by atoms with van der Waals surface area (Å²) in [5.74, 6) is 0.634. The van der Waals surface area contributed by atoms with E-state index in [4.69, 9.17) is 0 Å². The first-order valence-electron chi connectivity index (χ1n) is 7.12. The average molecular weight is 421 g/mol. The Morgan fingerprint density at radius 1 is 1.50 bits per heavy atom. The molecule has 0 spiro atoms. The number of hydrogen-bond acceptors (Lipinski definition) is 6. The summed E-state index contributed by atoms with van der Waals surface area (Å²) >= 11 is 6.31. The van der Waals surface area contributed by atoms with Gasteiger partial charge in [0.25, 0.3) is 5.56 Å². The second kappa shape index (κ2) is 7.13. The lowest BCUT2D eigenvalue weighted by atomic mass is 10.1. The quantitative estimate of drug-likeness (QED) is 0.736. The number of rotatable bonds is 2. The lowest BCUT2D eigenvalue weighted by Crippen LogP contribution is -2.24. The van der Waals surface area contributed by atoms with E-state index in [1.54, 1.807) is 25.0 Å². The zero-order valence-electron chi connectivity index (χ0n) is 13.0. The van der Waals surface area contributed by atoms with E-state index in [0.717, 1.165) is 20.0 Å². The topological polar surface area (TPSA) is 71.0 Å². The first kappa shape index (κ1) is 17.3. The molecule has 8 heteroatoms. The third-order valence-corrected chi connectivity index (χ3v) is 6.40. The Morgan fingerprint density at radius 3 is 3.04 bits per heavy atom. The van der Waals surface area contributed by atoms with Gasteiger partial charge in [0, 0.05) is 22.8 Å². The summed E-state index contributed by atoms with van der Waals surface area (Å²) in [7, 11) is 1.65. The van der Waals surface area contributed by atoms with Crippen molar-refractivity contribution in [3.05, 3.63) is 55.9 Å². The van der Waals surface area contributed by atoms with Gasteiger partial charge in [-0.05, 0) is 24.6 Å². The van der Waals surface area contributed by atoms with Gasteiger partial charge in [0.15, 0.2) is 0 Å². The number of fused-ring (bicyclic) bond motifs is 1. The van der Waals surface area contributed by atoms with Crippen molar-refractivity contribution in [2.75, 3.05) is 0 Å². The Hall–Kier alpha value is -1.56. The lowest BCUT2D eigenvalue weighted by Gasteiger charge is -2.19. The monoisotopic (exact) mass is 420 g/mol. The maximum atomic E-state index is 12.3. The fourth-order valence-corrected chi connectivity index (χ4v) is 4.99. The van der Waals surface area contributed by atoms with Crippen LogP contribution in [0.4, 0.5) is 0 Å². The highest BCUT2D eigenvalue weighted by Crippen LogP contribution is 2.37. The second-order valence-corrected chi connectivity index (χ2v) is 8.37. The minimum atomic E-state index is -0.0984. The van der Waals surface area contributed by atoms with Gasteiger partial charge in [0.2, 0.25) is 0 Å². The molecular formula is C16H13BrN4OS2. The van der Waals surface area contributed by atoms with Crippen LogP contribution >= 0.6 is 39.5 Å². The molecule has 122 valence electrons. The van der Waals surface area contributed by atoms with E-state index >= 15 is 0 Å². The third-order valence-electron chi connectivity index (χ3n) is 3.60. The van der Waals surface area contributed by atoms with Crippen molar-refractivity contribution >= 4 is 43.8 Å². The first-order chi connectivity index (χ1) is 11.5. The Morgan fingerprint density at radius 2 is 2.29 bits per heavy atom. The molecule has 0 N–H and O–H groups in total. The van der Waals surface area contributed by atoms with Crippen molar-refractivity contribution in [2.24, 2.45) is 12.0 Å². The number of nitrogens with zero attached hydrogens (tertiary/aromatic N) is 4. The van der Waals surface area contributed by atoms with Crippen LogP contribution in [0, 0.1) is 11.3 Å². The van der Waals surface area contributed by atoms with Crippen LogP contribution in [-0.4, -0.2) is 14.2 Å². The standard InChI is InChI=1S/C16H13BrN4OS2/c1-9-13-7-19-21(2)15(22)14(13)24-16(20-9)23-8-10-3-4-12(17)5-11(10)6-18/h3-5,7,9H,8H2,1-2H3. The van der Waals surface area contributed by atoms with Crippen molar-refractivity contribution < 1.29 is 0 Å². The first-order valence-corrected chi connectivity index (χ1v) is 9.72. The Labute approximate surface area is 156 Å². The summed E-state index contributed by atoms with van der Waals surface area (Å²) in [6.45, 7) is 1.96. The van der Waals surface area contributed by atoms with Gasteiger partial charge in [-0.3, -0.25) is 9.79 Å². The molecule has 5 nitrogen and oxygen atoms in total. The van der Waals surface area contributed by atoms with Crippen LogP contribution in [0.25, 0.3) is 0 Å². The highest BCUT2D eigenvalue weighted by molar-refractivity contribution is 9.10. The number of halogens is 1. The molecule has 1 aliphatic heterocycles. The molecule has 1 aromatic carbocycles. The summed E-state index contributed by atoms with van der Waals surface area (Å²) in [4.78, 5) is 17.6. The number of thioether (sulfide) groups is 2. The minimum Gasteiger partial charge on any atom is -0.267 e. The van der Waals surface area contributed by atoms with Gasteiger partial charge in [0.05, 0.1) is 28.8 Å². The van der Waals surface area contributed by atoms with Crippen LogP contribution in [0.5, 0.6) is 0 Å². The number of nitriles is 1. The van der Waals surface area contributed by atoms with E-state index in [0.29, 0.717) is 16.2 Å². The molecule has 0 aliphatic carbocycles. The molecular weight excluding hydrogens is 408 g/mol. The molecule has 1 unspecified atom stereocenters. The fraction of sp³-hybridized carbons (Fsp3) is 0.250. The summed E-state index contributed by atoms with van der Waals surface area (Å²) in [6.07, 6.45) is 1.71. The second-order valence-electron chi connectivity index (χ2n) is 5.23. The summed E-state index contributed by atoms with van der Waals surface area (Å²) in [6, 6.07) is 7.79. The number of benzene rings is 1. The van der Waals surface area contributed by atoms with Gasteiger partial charge in [-0.1, -0.05) is 45.5 Å². The molecule has 0 fully saturated rings. The van der Waals surface area contributed by atoms with Crippen LogP contribution in [0.3, 0.4) is 0 Å². The molecule has 1 atom stereocenters. The van der Waals surface area contributed by atoms with Gasteiger partial charge in [-0.15, -0.1) is 0 Å². The minimum absolute atomic E-state index is 0.0921. The summed E-state index contributed by atoms with van der Waals surface area (Å²) in [5, 5.41) is 13.3. The van der Waals surface area contributed by atoms with Gasteiger partial charge < -0.3 is 0 Å². The van der Waals surface area contributed by atoms with Gasteiger partial charge in [-0.2, -0.15) is 10.4 Å². The molecule has 2 aromatic rings. The van der Waals surface area contributed by atoms with E-state index in [2.05, 4.69) is 32.1 Å². The van der Waals surface area contributed by atoms with Crippen LogP contribution < -0.4 is 5.56 Å². The molecule has 1 aromatic heterocycles. The highest BCUT2D eigenvalue weighted by atomic mass is 79.9. The number of aryl methyl sites for hydroxylation is 1. The van der Waals surface area contributed by atoms with Crippen molar-refractivity contribution in [3.8, 4) is 6.07 Å². The zero-order valence-corrected chi connectivity index (χ0v) is 16.2. The molecule has 1 aliphatic rings. The molecule has 24 heavy (non-hydrogen) atoms. The molecule has 0 saturated carbocycles.